The number of aromatic amines is 1. The predicted molar refractivity (Wildman–Crippen MR) is 80.4 cm³/mol. The first kappa shape index (κ1) is 13.4. The molecule has 1 aliphatic rings. The number of aromatic nitrogens is 2. The van der Waals surface area contributed by atoms with Crippen LogP contribution >= 0.6 is 0 Å². The van der Waals surface area contributed by atoms with Gasteiger partial charge >= 0.3 is 0 Å². The van der Waals surface area contributed by atoms with Gasteiger partial charge in [0.25, 0.3) is 0 Å². The van der Waals surface area contributed by atoms with Crippen LogP contribution in [-0.4, -0.2) is 23.6 Å². The monoisotopic (exact) mass is 293 g/mol. The van der Waals surface area contributed by atoms with Gasteiger partial charge in [0.15, 0.2) is 0 Å². The highest BCUT2D eigenvalue weighted by Gasteiger charge is 2.37. The maximum Gasteiger partial charge on any atom is 0.236 e. The Morgan fingerprint density at radius 2 is 2.05 bits per heavy atom. The standard InChI is InChI=1S/C14H19N3O2S/c1-14(2,3)11-8-9-6-7-15-12(9)16-13(11)17-20(18,19)10-4-5-10/h6-8,10H,4-5H2,1-3H3,(H2,15,16,17). The van der Waals surface area contributed by atoms with Crippen LogP contribution in [-0.2, 0) is 15.4 Å². The molecule has 2 heterocycles. The van der Waals surface area contributed by atoms with Gasteiger partial charge in [-0.1, -0.05) is 20.8 Å². The zero-order valence-electron chi connectivity index (χ0n) is 11.9. The average molecular weight is 293 g/mol. The summed E-state index contributed by atoms with van der Waals surface area (Å²) in [4.78, 5) is 7.47. The number of rotatable bonds is 3. The lowest BCUT2D eigenvalue weighted by atomic mass is 9.87. The van der Waals surface area contributed by atoms with Crippen molar-refractivity contribution < 1.29 is 8.42 Å². The summed E-state index contributed by atoms with van der Waals surface area (Å²) in [6.07, 6.45) is 3.29. The molecule has 0 bridgehead atoms. The molecule has 2 aromatic heterocycles. The van der Waals surface area contributed by atoms with Crippen LogP contribution < -0.4 is 4.72 Å². The maximum atomic E-state index is 12.2. The average Bonchev–Trinajstić information content (AvgIpc) is 3.07. The molecule has 0 spiro atoms. The van der Waals surface area contributed by atoms with Gasteiger partial charge in [0.05, 0.1) is 5.25 Å². The molecule has 6 heteroatoms. The molecule has 5 nitrogen and oxygen atoms in total. The van der Waals surface area contributed by atoms with Gasteiger partial charge < -0.3 is 4.98 Å². The minimum atomic E-state index is -3.30. The van der Waals surface area contributed by atoms with Crippen molar-refractivity contribution in [2.45, 2.75) is 44.3 Å². The van der Waals surface area contributed by atoms with E-state index in [4.69, 9.17) is 0 Å². The summed E-state index contributed by atoms with van der Waals surface area (Å²) < 4.78 is 27.0. The Labute approximate surface area is 118 Å². The van der Waals surface area contributed by atoms with Crippen LogP contribution in [0.25, 0.3) is 11.0 Å². The van der Waals surface area contributed by atoms with Crippen LogP contribution in [0.1, 0.15) is 39.2 Å². The molecule has 0 aromatic carbocycles. The van der Waals surface area contributed by atoms with Gasteiger partial charge in [0.2, 0.25) is 10.0 Å². The van der Waals surface area contributed by atoms with Crippen molar-refractivity contribution in [3.05, 3.63) is 23.9 Å². The van der Waals surface area contributed by atoms with Crippen LogP contribution in [0, 0.1) is 0 Å². The van der Waals surface area contributed by atoms with E-state index in [0.717, 1.165) is 23.8 Å². The third kappa shape index (κ3) is 2.40. The highest BCUT2D eigenvalue weighted by atomic mass is 32.2. The van der Waals surface area contributed by atoms with E-state index in [2.05, 4.69) is 35.5 Å². The van der Waals surface area contributed by atoms with E-state index in [1.54, 1.807) is 0 Å². The molecule has 3 rings (SSSR count). The Bertz CT molecular complexity index is 752. The van der Waals surface area contributed by atoms with Crippen LogP contribution in [0.4, 0.5) is 5.82 Å². The predicted octanol–water partition coefficient (Wildman–Crippen LogP) is 2.76. The Kier molecular flexibility index (Phi) is 2.83. The summed E-state index contributed by atoms with van der Waals surface area (Å²) in [6.45, 7) is 6.16. The van der Waals surface area contributed by atoms with E-state index in [1.807, 2.05) is 18.3 Å². The van der Waals surface area contributed by atoms with Gasteiger partial charge in [-0.3, -0.25) is 4.72 Å². The molecule has 0 aliphatic heterocycles. The highest BCUT2D eigenvalue weighted by Crippen LogP contribution is 2.34. The van der Waals surface area contributed by atoms with Gasteiger partial charge in [-0.05, 0) is 30.4 Å². The van der Waals surface area contributed by atoms with Crippen LogP contribution in [0.3, 0.4) is 0 Å². The number of hydrogen-bond acceptors (Lipinski definition) is 3. The van der Waals surface area contributed by atoms with Gasteiger partial charge in [0, 0.05) is 17.1 Å². The molecule has 1 fully saturated rings. The van der Waals surface area contributed by atoms with Crippen LogP contribution in [0.15, 0.2) is 18.3 Å². The molecule has 108 valence electrons. The summed E-state index contributed by atoms with van der Waals surface area (Å²) in [5, 5.41) is 0.737. The fraction of sp³-hybridized carbons (Fsp3) is 0.500. The zero-order valence-corrected chi connectivity index (χ0v) is 12.7. The topological polar surface area (TPSA) is 74.8 Å². The number of nitrogens with zero attached hydrogens (tertiary/aromatic N) is 1. The number of pyridine rings is 1. The van der Waals surface area contributed by atoms with Crippen LogP contribution in [0.2, 0.25) is 0 Å². The first-order valence-corrected chi connectivity index (χ1v) is 8.32. The molecule has 0 atom stereocenters. The second kappa shape index (κ2) is 4.22. The van der Waals surface area contributed by atoms with Gasteiger partial charge in [-0.2, -0.15) is 0 Å². The van der Waals surface area contributed by atoms with E-state index in [0.29, 0.717) is 11.5 Å². The minimum Gasteiger partial charge on any atom is -0.346 e. The summed E-state index contributed by atoms with van der Waals surface area (Å²) in [6, 6.07) is 3.94. The third-order valence-corrected chi connectivity index (χ3v) is 5.37. The van der Waals surface area contributed by atoms with Gasteiger partial charge in [-0.25, -0.2) is 13.4 Å². The van der Waals surface area contributed by atoms with Crippen molar-refractivity contribution in [3.8, 4) is 0 Å². The van der Waals surface area contributed by atoms with Crippen molar-refractivity contribution in [2.24, 2.45) is 0 Å². The number of sulfonamides is 1. The van der Waals surface area contributed by atoms with Crippen molar-refractivity contribution in [1.82, 2.24) is 9.97 Å². The largest absolute Gasteiger partial charge is 0.346 e. The lowest BCUT2D eigenvalue weighted by Crippen LogP contribution is -2.22. The van der Waals surface area contributed by atoms with Crippen molar-refractivity contribution >= 4 is 26.9 Å². The number of anilines is 1. The molecule has 1 aliphatic carbocycles. The van der Waals surface area contributed by atoms with Crippen LogP contribution in [0.5, 0.6) is 0 Å². The SMILES string of the molecule is CC(C)(C)c1cc2cc[nH]c2nc1NS(=O)(=O)C1CC1. The second-order valence-electron chi connectivity index (χ2n) is 6.40. The molecular weight excluding hydrogens is 274 g/mol. The van der Waals surface area contributed by atoms with E-state index in [1.165, 1.54) is 0 Å². The number of fused-ring (bicyclic) bond motifs is 1. The molecule has 0 unspecified atom stereocenters. The summed E-state index contributed by atoms with van der Waals surface area (Å²) in [5.74, 6) is 0.444. The fourth-order valence-corrected chi connectivity index (χ4v) is 3.58. The molecule has 1 saturated carbocycles. The van der Waals surface area contributed by atoms with E-state index >= 15 is 0 Å². The lowest BCUT2D eigenvalue weighted by molar-refractivity contribution is 0.588. The smallest absolute Gasteiger partial charge is 0.236 e. The maximum absolute atomic E-state index is 12.2. The Morgan fingerprint density at radius 3 is 2.65 bits per heavy atom. The fourth-order valence-electron chi connectivity index (χ4n) is 2.23. The molecular formula is C14H19N3O2S. The molecule has 0 saturated heterocycles. The normalized spacial score (nSPS) is 16.6. The summed E-state index contributed by atoms with van der Waals surface area (Å²) in [5.41, 5.74) is 1.43. The molecule has 2 aromatic rings. The number of H-pyrrole nitrogens is 1. The Hall–Kier alpha value is -1.56. The van der Waals surface area contributed by atoms with Crippen molar-refractivity contribution in [3.63, 3.8) is 0 Å². The zero-order chi connectivity index (χ0) is 14.5. The summed E-state index contributed by atoms with van der Waals surface area (Å²) in [7, 11) is -3.30. The quantitative estimate of drug-likeness (QED) is 0.913. The van der Waals surface area contributed by atoms with E-state index < -0.39 is 10.0 Å². The van der Waals surface area contributed by atoms with Crippen molar-refractivity contribution in [1.29, 1.82) is 0 Å². The lowest BCUT2D eigenvalue weighted by Gasteiger charge is -2.22. The van der Waals surface area contributed by atoms with Crippen molar-refractivity contribution in [2.75, 3.05) is 4.72 Å². The first-order chi connectivity index (χ1) is 9.27. The number of hydrogen-bond donors (Lipinski definition) is 2. The molecule has 20 heavy (non-hydrogen) atoms. The van der Waals surface area contributed by atoms with Gasteiger partial charge in [0.1, 0.15) is 11.5 Å². The Balaban J connectivity index is 2.11. The van der Waals surface area contributed by atoms with E-state index in [-0.39, 0.29) is 10.7 Å². The second-order valence-corrected chi connectivity index (χ2v) is 8.36. The molecule has 0 radical (unpaired) electrons. The van der Waals surface area contributed by atoms with E-state index in [9.17, 15) is 8.42 Å². The highest BCUT2D eigenvalue weighted by molar-refractivity contribution is 7.93. The molecule has 2 N–H and O–H groups in total. The Morgan fingerprint density at radius 1 is 1.35 bits per heavy atom. The van der Waals surface area contributed by atoms with Gasteiger partial charge in [-0.15, -0.1) is 0 Å². The first-order valence-electron chi connectivity index (χ1n) is 6.77. The minimum absolute atomic E-state index is 0.181. The third-order valence-electron chi connectivity index (χ3n) is 3.55. The number of nitrogens with one attached hydrogen (secondary N) is 2. The summed E-state index contributed by atoms with van der Waals surface area (Å²) >= 11 is 0. The molecule has 0 amide bonds.